The minimum absolute atomic E-state index is 0.158. The van der Waals surface area contributed by atoms with Crippen molar-refractivity contribution in [3.8, 4) is 0 Å². The Morgan fingerprint density at radius 2 is 2.18 bits per heavy atom. The first-order chi connectivity index (χ1) is 5.24. The van der Waals surface area contributed by atoms with Gasteiger partial charge < -0.3 is 0 Å². The lowest BCUT2D eigenvalue weighted by Gasteiger charge is -1.94. The largest absolute Gasteiger partial charge is 0.205 e. The van der Waals surface area contributed by atoms with E-state index in [-0.39, 0.29) is 10.8 Å². The van der Waals surface area contributed by atoms with E-state index in [0.717, 1.165) is 5.56 Å². The summed E-state index contributed by atoms with van der Waals surface area (Å²) in [6, 6.07) is 4.60. The maximum Gasteiger partial charge on any atom is 0.141 e. The van der Waals surface area contributed by atoms with Crippen LogP contribution in [0, 0.1) is 5.82 Å². The van der Waals surface area contributed by atoms with Crippen molar-refractivity contribution < 1.29 is 4.39 Å². The molecule has 11 heavy (non-hydrogen) atoms. The molecule has 58 valence electrons. The zero-order valence-electron chi connectivity index (χ0n) is 5.72. The van der Waals surface area contributed by atoms with Crippen molar-refractivity contribution in [3.05, 3.63) is 40.4 Å². The van der Waals surface area contributed by atoms with Crippen molar-refractivity contribution in [2.45, 2.75) is 0 Å². The predicted octanol–water partition coefficient (Wildman–Crippen LogP) is 3.32. The van der Waals surface area contributed by atoms with Crippen LogP contribution < -0.4 is 0 Å². The minimum Gasteiger partial charge on any atom is -0.205 e. The molecular formula is C8H7ClFP. The van der Waals surface area contributed by atoms with Gasteiger partial charge in [0.15, 0.2) is 0 Å². The maximum absolute atomic E-state index is 12.6. The van der Waals surface area contributed by atoms with Gasteiger partial charge in [-0.25, -0.2) is 4.39 Å². The molecule has 0 aliphatic heterocycles. The Morgan fingerprint density at radius 3 is 2.73 bits per heavy atom. The molecule has 1 aromatic carbocycles. The predicted molar refractivity (Wildman–Crippen MR) is 50.2 cm³/mol. The molecule has 0 radical (unpaired) electrons. The zero-order valence-corrected chi connectivity index (χ0v) is 7.63. The Bertz CT molecular complexity index is 283. The van der Waals surface area contributed by atoms with E-state index < -0.39 is 0 Å². The fourth-order valence-electron chi connectivity index (χ4n) is 0.727. The molecule has 0 amide bonds. The van der Waals surface area contributed by atoms with Crippen LogP contribution in [0.25, 0.3) is 6.08 Å². The number of benzene rings is 1. The standard InChI is InChI=1S/C8H7ClFP/c9-7-5-6(3-4-11)1-2-8(7)10/h1-5H,11H2/b4-3+. The molecule has 3 heteroatoms. The first-order valence-corrected chi connectivity index (χ1v) is 4.12. The minimum atomic E-state index is -0.382. The number of hydrogen-bond donors (Lipinski definition) is 0. The quantitative estimate of drug-likeness (QED) is 0.593. The highest BCUT2D eigenvalue weighted by Crippen LogP contribution is 2.16. The van der Waals surface area contributed by atoms with Gasteiger partial charge >= 0.3 is 0 Å². The average Bonchev–Trinajstić information content (AvgIpc) is 1.98. The summed E-state index contributed by atoms with van der Waals surface area (Å²) in [7, 11) is 2.44. The van der Waals surface area contributed by atoms with E-state index >= 15 is 0 Å². The van der Waals surface area contributed by atoms with E-state index in [1.54, 1.807) is 17.9 Å². The molecular weight excluding hydrogens is 182 g/mol. The van der Waals surface area contributed by atoms with Gasteiger partial charge in [0.25, 0.3) is 0 Å². The summed E-state index contributed by atoms with van der Waals surface area (Å²) in [5.41, 5.74) is 0.895. The van der Waals surface area contributed by atoms with Crippen molar-refractivity contribution in [2.24, 2.45) is 0 Å². The van der Waals surface area contributed by atoms with Crippen LogP contribution in [0.1, 0.15) is 5.56 Å². The van der Waals surface area contributed by atoms with E-state index in [1.165, 1.54) is 6.07 Å². The molecule has 1 aromatic rings. The average molecular weight is 189 g/mol. The summed E-state index contributed by atoms with van der Waals surface area (Å²) in [5, 5.41) is 0.158. The second kappa shape index (κ2) is 3.85. The zero-order chi connectivity index (χ0) is 8.27. The molecule has 0 saturated carbocycles. The van der Waals surface area contributed by atoms with Crippen LogP contribution in [-0.4, -0.2) is 0 Å². The summed E-state index contributed by atoms with van der Waals surface area (Å²) in [6.45, 7) is 0. The highest BCUT2D eigenvalue weighted by atomic mass is 35.5. The Balaban J connectivity index is 3.05. The lowest BCUT2D eigenvalue weighted by atomic mass is 10.2. The topological polar surface area (TPSA) is 0 Å². The van der Waals surface area contributed by atoms with Gasteiger partial charge in [0.2, 0.25) is 0 Å². The van der Waals surface area contributed by atoms with Crippen molar-refractivity contribution in [3.63, 3.8) is 0 Å². The summed E-state index contributed by atoms with van der Waals surface area (Å²) in [6.07, 6.45) is 1.83. The third-order valence-corrected chi connectivity index (χ3v) is 1.71. The van der Waals surface area contributed by atoms with Crippen molar-refractivity contribution in [1.82, 2.24) is 0 Å². The monoisotopic (exact) mass is 188 g/mol. The van der Waals surface area contributed by atoms with Crippen LogP contribution >= 0.6 is 20.8 Å². The maximum atomic E-state index is 12.6. The van der Waals surface area contributed by atoms with Gasteiger partial charge in [-0.15, -0.1) is 9.24 Å². The first kappa shape index (κ1) is 8.70. The van der Waals surface area contributed by atoms with Gasteiger partial charge in [0, 0.05) is 0 Å². The second-order valence-electron chi connectivity index (χ2n) is 2.03. The molecule has 1 rings (SSSR count). The molecule has 1 unspecified atom stereocenters. The van der Waals surface area contributed by atoms with E-state index in [4.69, 9.17) is 11.6 Å². The fourth-order valence-corrected chi connectivity index (χ4v) is 1.14. The molecule has 0 nitrogen and oxygen atoms in total. The third kappa shape index (κ3) is 2.28. The van der Waals surface area contributed by atoms with E-state index in [9.17, 15) is 4.39 Å². The molecule has 0 spiro atoms. The molecule has 0 aromatic heterocycles. The van der Waals surface area contributed by atoms with E-state index in [2.05, 4.69) is 9.24 Å². The number of rotatable bonds is 1. The molecule has 0 aliphatic rings. The first-order valence-electron chi connectivity index (χ1n) is 3.07. The van der Waals surface area contributed by atoms with Gasteiger partial charge in [-0.05, 0) is 17.7 Å². The second-order valence-corrected chi connectivity index (χ2v) is 2.82. The normalized spacial score (nSPS) is 10.8. The molecule has 0 aliphatic carbocycles. The van der Waals surface area contributed by atoms with Crippen molar-refractivity contribution in [2.75, 3.05) is 0 Å². The van der Waals surface area contributed by atoms with Gasteiger partial charge in [0.1, 0.15) is 5.82 Å². The van der Waals surface area contributed by atoms with Crippen molar-refractivity contribution >= 4 is 26.9 Å². The lowest BCUT2D eigenvalue weighted by molar-refractivity contribution is 0.628. The van der Waals surface area contributed by atoms with Crippen LogP contribution in [0.3, 0.4) is 0 Å². The van der Waals surface area contributed by atoms with Crippen LogP contribution in [0.15, 0.2) is 24.0 Å². The van der Waals surface area contributed by atoms with Gasteiger partial charge in [-0.2, -0.15) is 0 Å². The molecule has 0 saturated heterocycles. The van der Waals surface area contributed by atoms with Gasteiger partial charge in [0.05, 0.1) is 5.02 Å². The SMILES string of the molecule is Fc1ccc(/C=C/P)cc1Cl. The van der Waals surface area contributed by atoms with Crippen LogP contribution in [-0.2, 0) is 0 Å². The molecule has 0 fully saturated rings. The molecule has 1 atom stereocenters. The Kier molecular flexibility index (Phi) is 3.04. The molecule has 0 N–H and O–H groups in total. The molecule has 0 bridgehead atoms. The van der Waals surface area contributed by atoms with Crippen LogP contribution in [0.2, 0.25) is 5.02 Å². The van der Waals surface area contributed by atoms with Crippen LogP contribution in [0.4, 0.5) is 4.39 Å². The number of halogens is 2. The van der Waals surface area contributed by atoms with Crippen molar-refractivity contribution in [1.29, 1.82) is 0 Å². The van der Waals surface area contributed by atoms with E-state index in [1.807, 2.05) is 6.08 Å². The third-order valence-electron chi connectivity index (χ3n) is 1.23. The smallest absolute Gasteiger partial charge is 0.141 e. The summed E-state index contributed by atoms with van der Waals surface area (Å²) in [5.74, 6) is 1.41. The lowest BCUT2D eigenvalue weighted by Crippen LogP contribution is -1.77. The number of hydrogen-bond acceptors (Lipinski definition) is 0. The summed E-state index contributed by atoms with van der Waals surface area (Å²) in [4.78, 5) is 0. The highest BCUT2D eigenvalue weighted by Gasteiger charge is 1.97. The summed E-state index contributed by atoms with van der Waals surface area (Å²) >= 11 is 5.53. The highest BCUT2D eigenvalue weighted by molar-refractivity contribution is 7.21. The molecule has 0 heterocycles. The van der Waals surface area contributed by atoms with Gasteiger partial charge in [-0.3, -0.25) is 0 Å². The van der Waals surface area contributed by atoms with Gasteiger partial charge in [-0.1, -0.05) is 29.6 Å². The Labute approximate surface area is 72.3 Å². The van der Waals surface area contributed by atoms with Crippen LogP contribution in [0.5, 0.6) is 0 Å². The Hall–Kier alpha value is -0.390. The Morgan fingerprint density at radius 1 is 1.45 bits per heavy atom. The van der Waals surface area contributed by atoms with E-state index in [0.29, 0.717) is 0 Å². The summed E-state index contributed by atoms with van der Waals surface area (Å²) < 4.78 is 12.6. The fraction of sp³-hybridized carbons (Fsp3) is 0.